The number of methoxy groups -OCH3 is 4. The third-order valence-corrected chi connectivity index (χ3v) is 10.2. The number of H-pyrrole nitrogens is 1. The van der Waals surface area contributed by atoms with Gasteiger partial charge in [-0.25, -0.2) is 9.97 Å². The molecule has 0 saturated heterocycles. The van der Waals surface area contributed by atoms with Crippen molar-refractivity contribution in [2.45, 2.75) is 72.8 Å². The third kappa shape index (κ3) is 12.5. The lowest BCUT2D eigenvalue weighted by Gasteiger charge is -2.09. The van der Waals surface area contributed by atoms with Crippen LogP contribution in [-0.2, 0) is 19.4 Å². The molecule has 0 aliphatic heterocycles. The van der Waals surface area contributed by atoms with E-state index < -0.39 is 0 Å². The molecule has 4 heterocycles. The highest BCUT2D eigenvalue weighted by Gasteiger charge is 2.17. The minimum atomic E-state index is 0.158. The van der Waals surface area contributed by atoms with Crippen molar-refractivity contribution in [1.29, 1.82) is 0 Å². The number of halogens is 3. The first-order valence-corrected chi connectivity index (χ1v) is 20.8. The summed E-state index contributed by atoms with van der Waals surface area (Å²) in [5.41, 5.74) is 18.8. The zero-order valence-electron chi connectivity index (χ0n) is 34.1. The van der Waals surface area contributed by atoms with Crippen LogP contribution in [0, 0.1) is 11.8 Å². The molecule has 2 aromatic carbocycles. The summed E-state index contributed by atoms with van der Waals surface area (Å²) >= 11 is 15.9. The second-order valence-electron chi connectivity index (χ2n) is 14.3. The summed E-state index contributed by atoms with van der Waals surface area (Å²) in [4.78, 5) is 19.9. The van der Waals surface area contributed by atoms with Crippen LogP contribution in [0.25, 0.3) is 22.1 Å². The number of nitrogens with one attached hydrogen (secondary N) is 1. The summed E-state index contributed by atoms with van der Waals surface area (Å²) in [6.07, 6.45) is 10.2. The minimum Gasteiger partial charge on any atom is -0.493 e. The average Bonchev–Trinajstić information content (AvgIpc) is 3.74. The molecule has 0 fully saturated rings. The Kier molecular flexibility index (Phi) is 17.4. The molecule has 12 nitrogen and oxygen atoms in total. The summed E-state index contributed by atoms with van der Waals surface area (Å²) in [6.45, 7) is 9.83. The van der Waals surface area contributed by atoms with Crippen LogP contribution in [0.4, 0.5) is 11.9 Å². The number of alkyl halides is 1. The van der Waals surface area contributed by atoms with Crippen LogP contribution in [-0.4, -0.2) is 63.3 Å². The van der Waals surface area contributed by atoms with Crippen LogP contribution in [0.2, 0.25) is 10.3 Å². The van der Waals surface area contributed by atoms with Gasteiger partial charge in [-0.15, -0.1) is 0 Å². The number of nitrogens with zero attached hydrogens (tertiary/aromatic N) is 5. The lowest BCUT2D eigenvalue weighted by atomic mass is 10.1. The molecule has 0 atom stereocenters. The van der Waals surface area contributed by atoms with E-state index in [4.69, 9.17) is 53.6 Å². The van der Waals surface area contributed by atoms with Crippen molar-refractivity contribution < 1.29 is 18.9 Å². The number of anilines is 2. The SMILES string of the molecule is CC(C)CCCBr.COc1ccc(Cc2c[nH]c3c(Cl)nc(N)nc23)cc1OC.COc1ccc(Cc2cn(CCCC(C)C)c3c(Cl)nc(N)nc23)cc1OC. The van der Waals surface area contributed by atoms with Crippen molar-refractivity contribution >= 4 is 73.1 Å². The molecule has 15 heteroatoms. The fourth-order valence-electron chi connectivity index (χ4n) is 6.29. The number of ether oxygens (including phenoxy) is 4. The van der Waals surface area contributed by atoms with E-state index in [-0.39, 0.29) is 11.9 Å². The van der Waals surface area contributed by atoms with Gasteiger partial charge < -0.3 is 40.0 Å². The van der Waals surface area contributed by atoms with E-state index in [1.54, 1.807) is 28.4 Å². The van der Waals surface area contributed by atoms with Crippen molar-refractivity contribution in [3.05, 3.63) is 81.4 Å². The Labute approximate surface area is 354 Å². The van der Waals surface area contributed by atoms with Gasteiger partial charge in [-0.3, -0.25) is 0 Å². The van der Waals surface area contributed by atoms with Crippen LogP contribution in [0.15, 0.2) is 48.8 Å². The fraction of sp³-hybridized carbons (Fsp3) is 0.429. The Morgan fingerprint density at radius 1 is 0.684 bits per heavy atom. The molecule has 0 radical (unpaired) electrons. The van der Waals surface area contributed by atoms with Crippen LogP contribution in [0.5, 0.6) is 23.0 Å². The zero-order chi connectivity index (χ0) is 41.6. The van der Waals surface area contributed by atoms with Gasteiger partial charge in [0.05, 0.1) is 39.5 Å². The summed E-state index contributed by atoms with van der Waals surface area (Å²) in [5.74, 6) is 4.67. The Balaban J connectivity index is 0.000000221. The average molecular weight is 887 g/mol. The van der Waals surface area contributed by atoms with E-state index in [2.05, 4.69) is 79.3 Å². The second-order valence-corrected chi connectivity index (χ2v) is 15.8. The number of fused-ring (bicyclic) bond motifs is 2. The number of rotatable bonds is 15. The van der Waals surface area contributed by atoms with E-state index in [0.717, 1.165) is 69.4 Å². The smallest absolute Gasteiger partial charge is 0.222 e. The molecule has 0 amide bonds. The van der Waals surface area contributed by atoms with Crippen LogP contribution >= 0.6 is 39.1 Å². The summed E-state index contributed by atoms with van der Waals surface area (Å²) in [6, 6.07) is 11.7. The first kappa shape index (κ1) is 45.2. The molecule has 57 heavy (non-hydrogen) atoms. The van der Waals surface area contributed by atoms with Gasteiger partial charge >= 0.3 is 0 Å². The number of hydrogen-bond acceptors (Lipinski definition) is 10. The Hall–Kier alpha value is -4.46. The van der Waals surface area contributed by atoms with Gasteiger partial charge in [0, 0.05) is 48.2 Å². The van der Waals surface area contributed by atoms with Crippen LogP contribution in [0.1, 0.15) is 75.6 Å². The zero-order valence-corrected chi connectivity index (χ0v) is 37.2. The number of aryl methyl sites for hydroxylation is 1. The largest absolute Gasteiger partial charge is 0.493 e. The predicted octanol–water partition coefficient (Wildman–Crippen LogP) is 10.3. The summed E-state index contributed by atoms with van der Waals surface area (Å²) in [7, 11) is 6.49. The molecule has 6 rings (SSSR count). The van der Waals surface area contributed by atoms with Gasteiger partial charge in [0.2, 0.25) is 11.9 Å². The third-order valence-electron chi connectivity index (χ3n) is 9.12. The Morgan fingerprint density at radius 3 is 1.70 bits per heavy atom. The highest BCUT2D eigenvalue weighted by molar-refractivity contribution is 9.09. The Morgan fingerprint density at radius 2 is 1.19 bits per heavy atom. The minimum absolute atomic E-state index is 0.158. The molecule has 308 valence electrons. The molecule has 0 aliphatic rings. The Bertz CT molecular complexity index is 2210. The molecule has 0 bridgehead atoms. The van der Waals surface area contributed by atoms with Crippen LogP contribution in [0.3, 0.4) is 0 Å². The molecular weight excluding hydrogens is 831 g/mol. The maximum atomic E-state index is 6.42. The number of hydrogen-bond donors (Lipinski definition) is 3. The maximum Gasteiger partial charge on any atom is 0.222 e. The molecular formula is C42H55BrCl2N8O4. The molecule has 0 saturated carbocycles. The van der Waals surface area contributed by atoms with Crippen molar-refractivity contribution in [2.75, 3.05) is 45.2 Å². The lowest BCUT2D eigenvalue weighted by molar-refractivity contribution is 0.354. The first-order chi connectivity index (χ1) is 27.3. The fourth-order valence-corrected chi connectivity index (χ4v) is 7.13. The van der Waals surface area contributed by atoms with E-state index >= 15 is 0 Å². The number of aromatic nitrogens is 6. The van der Waals surface area contributed by atoms with Gasteiger partial charge in [0.25, 0.3) is 0 Å². The second kappa shape index (κ2) is 21.9. The standard InChI is InChI=1S/C21H27ClN4O2.C15H15ClN4O2.C6H13Br/c1-13(2)6-5-9-26-12-15(18-19(26)20(22)25-21(23)24-18)10-14-7-8-16(27-3)17(11-14)28-4;1-21-10-4-3-8(6-11(10)22-2)5-9-7-18-13-12(9)19-15(17)20-14(13)16;1-6(2)4-3-5-7/h7-8,11-13H,5-6,9-10H2,1-4H3,(H2,23,24,25);3-4,6-7,18H,5H2,1-2H3,(H2,17,19,20);6H,3-5H2,1-2H3. The molecule has 5 N–H and O–H groups in total. The highest BCUT2D eigenvalue weighted by Crippen LogP contribution is 2.33. The monoisotopic (exact) mass is 884 g/mol. The van der Waals surface area contributed by atoms with Crippen molar-refractivity contribution in [3.8, 4) is 23.0 Å². The lowest BCUT2D eigenvalue weighted by Crippen LogP contribution is -2.01. The van der Waals surface area contributed by atoms with Crippen molar-refractivity contribution in [3.63, 3.8) is 0 Å². The van der Waals surface area contributed by atoms with Crippen molar-refractivity contribution in [2.24, 2.45) is 11.8 Å². The number of benzene rings is 2. The first-order valence-electron chi connectivity index (χ1n) is 18.9. The van der Waals surface area contributed by atoms with E-state index in [1.807, 2.05) is 42.6 Å². The quantitative estimate of drug-likeness (QED) is 0.0669. The van der Waals surface area contributed by atoms with E-state index in [0.29, 0.717) is 57.6 Å². The highest BCUT2D eigenvalue weighted by atomic mass is 79.9. The molecule has 0 aliphatic carbocycles. The van der Waals surface area contributed by atoms with E-state index in [9.17, 15) is 0 Å². The predicted molar refractivity (Wildman–Crippen MR) is 237 cm³/mol. The number of nitrogens with two attached hydrogens (primary N) is 2. The van der Waals surface area contributed by atoms with Gasteiger partial charge in [-0.05, 0) is 66.5 Å². The molecule has 0 unspecified atom stereocenters. The van der Waals surface area contributed by atoms with Gasteiger partial charge in [-0.1, -0.05) is 85.4 Å². The number of aromatic amines is 1. The molecule has 6 aromatic rings. The summed E-state index contributed by atoms with van der Waals surface area (Å²) in [5, 5.41) is 1.87. The van der Waals surface area contributed by atoms with Crippen molar-refractivity contribution in [1.82, 2.24) is 29.5 Å². The van der Waals surface area contributed by atoms with Crippen LogP contribution < -0.4 is 30.4 Å². The number of nitrogen functional groups attached to an aromatic ring is 2. The normalized spacial score (nSPS) is 11.0. The van der Waals surface area contributed by atoms with Gasteiger partial charge in [-0.2, -0.15) is 9.97 Å². The molecule has 4 aromatic heterocycles. The topological polar surface area (TPSA) is 161 Å². The summed E-state index contributed by atoms with van der Waals surface area (Å²) < 4.78 is 23.5. The van der Waals surface area contributed by atoms with E-state index in [1.165, 1.54) is 12.8 Å². The van der Waals surface area contributed by atoms with Gasteiger partial charge in [0.15, 0.2) is 33.3 Å². The molecule has 0 spiro atoms. The van der Waals surface area contributed by atoms with Gasteiger partial charge in [0.1, 0.15) is 11.0 Å². The maximum absolute atomic E-state index is 6.42.